The van der Waals surface area contributed by atoms with Gasteiger partial charge in [0.05, 0.1) is 0 Å². The van der Waals surface area contributed by atoms with Gasteiger partial charge in [-0.15, -0.1) is 0 Å². The molecule has 0 aliphatic heterocycles. The summed E-state index contributed by atoms with van der Waals surface area (Å²) in [6, 6.07) is 0. The first kappa shape index (κ1) is 10.3. The number of hydrogen-bond donors (Lipinski definition) is 0. The van der Waals surface area contributed by atoms with Crippen LogP contribution in [0.3, 0.4) is 0 Å². The van der Waals surface area contributed by atoms with Gasteiger partial charge in [-0.05, 0) is 19.8 Å². The van der Waals surface area contributed by atoms with E-state index in [1.807, 2.05) is 0 Å². The molecule has 2 nitrogen and oxygen atoms in total. The van der Waals surface area contributed by atoms with E-state index in [9.17, 15) is 4.79 Å². The average Bonchev–Trinajstić information content (AvgIpc) is 2.04. The summed E-state index contributed by atoms with van der Waals surface area (Å²) in [5, 5.41) is 0. The molecule has 1 atom stereocenters. The van der Waals surface area contributed by atoms with Crippen LogP contribution in [0.25, 0.3) is 0 Å². The topological polar surface area (TPSA) is 26.3 Å². The van der Waals surface area contributed by atoms with Gasteiger partial charge in [0, 0.05) is 25.4 Å². The van der Waals surface area contributed by atoms with Crippen LogP contribution in [0.5, 0.6) is 0 Å². The van der Waals surface area contributed by atoms with Crippen molar-refractivity contribution in [3.63, 3.8) is 0 Å². The fourth-order valence-corrected chi connectivity index (χ4v) is 1.72. The van der Waals surface area contributed by atoms with Crippen LogP contribution in [0.1, 0.15) is 32.6 Å². The second-order valence-electron chi connectivity index (χ2n) is 3.86. The van der Waals surface area contributed by atoms with Crippen LogP contribution in [0.2, 0.25) is 0 Å². The smallest absolute Gasteiger partial charge is 0.134 e. The molecule has 1 rings (SSSR count). The molecule has 1 aliphatic carbocycles. The predicted molar refractivity (Wildman–Crippen MR) is 51.2 cm³/mol. The lowest BCUT2D eigenvalue weighted by Gasteiger charge is -2.26. The van der Waals surface area contributed by atoms with E-state index in [1.165, 1.54) is 0 Å². The Labute approximate surface area is 79.7 Å². The quantitative estimate of drug-likeness (QED) is 0.575. The standard InChI is InChI=1S/C11H16O2/c1-11(7-4-8-13-2)6-3-5-10(12)9-11/h3,5-6,8-9H2,1-2H3. The highest BCUT2D eigenvalue weighted by molar-refractivity contribution is 5.80. The number of carbonyl (C=O) groups excluding carboxylic acids is 1. The van der Waals surface area contributed by atoms with Crippen LogP contribution in [0.15, 0.2) is 0 Å². The maximum absolute atomic E-state index is 11.2. The Kier molecular flexibility index (Phi) is 3.50. The van der Waals surface area contributed by atoms with E-state index < -0.39 is 0 Å². The van der Waals surface area contributed by atoms with Crippen molar-refractivity contribution in [2.45, 2.75) is 32.6 Å². The summed E-state index contributed by atoms with van der Waals surface area (Å²) >= 11 is 0. The van der Waals surface area contributed by atoms with Crippen LogP contribution < -0.4 is 0 Å². The first-order valence-corrected chi connectivity index (χ1v) is 4.67. The molecular formula is C11H16O2. The lowest BCUT2D eigenvalue weighted by molar-refractivity contribution is -0.122. The van der Waals surface area contributed by atoms with E-state index in [2.05, 4.69) is 18.8 Å². The molecule has 0 N–H and O–H groups in total. The molecule has 0 radical (unpaired) electrons. The van der Waals surface area contributed by atoms with Crippen molar-refractivity contribution in [1.29, 1.82) is 0 Å². The molecule has 1 saturated carbocycles. The van der Waals surface area contributed by atoms with Crippen molar-refractivity contribution < 1.29 is 9.53 Å². The Morgan fingerprint density at radius 3 is 3.00 bits per heavy atom. The van der Waals surface area contributed by atoms with Crippen molar-refractivity contribution in [2.24, 2.45) is 5.41 Å². The second kappa shape index (κ2) is 4.43. The lowest BCUT2D eigenvalue weighted by atomic mass is 9.76. The van der Waals surface area contributed by atoms with Gasteiger partial charge >= 0.3 is 0 Å². The Bertz CT molecular complexity index is 247. The number of carbonyl (C=O) groups is 1. The maximum atomic E-state index is 11.2. The van der Waals surface area contributed by atoms with E-state index in [0.717, 1.165) is 19.3 Å². The molecule has 0 spiro atoms. The third-order valence-corrected chi connectivity index (χ3v) is 2.38. The minimum absolute atomic E-state index is 0.0894. The molecule has 13 heavy (non-hydrogen) atoms. The van der Waals surface area contributed by atoms with Gasteiger partial charge in [-0.25, -0.2) is 0 Å². The molecular weight excluding hydrogens is 164 g/mol. The Hall–Kier alpha value is -0.810. The largest absolute Gasteiger partial charge is 0.372 e. The average molecular weight is 180 g/mol. The van der Waals surface area contributed by atoms with Gasteiger partial charge in [0.1, 0.15) is 12.4 Å². The Balaban J connectivity index is 2.55. The molecule has 0 aromatic heterocycles. The molecule has 0 bridgehead atoms. The molecule has 0 aromatic rings. The van der Waals surface area contributed by atoms with Gasteiger partial charge in [-0.3, -0.25) is 4.79 Å². The molecule has 1 unspecified atom stereocenters. The minimum atomic E-state index is -0.0894. The van der Waals surface area contributed by atoms with Gasteiger partial charge in [-0.2, -0.15) is 0 Å². The zero-order valence-electron chi connectivity index (χ0n) is 8.35. The lowest BCUT2D eigenvalue weighted by Crippen LogP contribution is -2.24. The SMILES string of the molecule is COCC#CC1(C)CCCC(=O)C1. The maximum Gasteiger partial charge on any atom is 0.134 e. The van der Waals surface area contributed by atoms with Crippen LogP contribution in [-0.4, -0.2) is 19.5 Å². The minimum Gasteiger partial charge on any atom is -0.372 e. The molecule has 72 valence electrons. The van der Waals surface area contributed by atoms with Gasteiger partial charge in [0.15, 0.2) is 0 Å². The predicted octanol–water partition coefficient (Wildman–Crippen LogP) is 1.79. The molecule has 0 saturated heterocycles. The van der Waals surface area contributed by atoms with Gasteiger partial charge in [0.2, 0.25) is 0 Å². The number of ether oxygens (including phenoxy) is 1. The van der Waals surface area contributed by atoms with E-state index in [-0.39, 0.29) is 5.41 Å². The summed E-state index contributed by atoms with van der Waals surface area (Å²) in [7, 11) is 1.63. The van der Waals surface area contributed by atoms with Gasteiger partial charge in [0.25, 0.3) is 0 Å². The van der Waals surface area contributed by atoms with E-state index in [4.69, 9.17) is 4.74 Å². The van der Waals surface area contributed by atoms with E-state index in [1.54, 1.807) is 7.11 Å². The zero-order valence-corrected chi connectivity index (χ0v) is 8.35. The number of methoxy groups -OCH3 is 1. The van der Waals surface area contributed by atoms with Crippen LogP contribution in [0.4, 0.5) is 0 Å². The normalized spacial score (nSPS) is 28.0. The fraction of sp³-hybridized carbons (Fsp3) is 0.727. The third kappa shape index (κ3) is 3.20. The molecule has 0 heterocycles. The van der Waals surface area contributed by atoms with Crippen molar-refractivity contribution in [1.82, 2.24) is 0 Å². The Morgan fingerprint density at radius 1 is 1.62 bits per heavy atom. The monoisotopic (exact) mass is 180 g/mol. The summed E-state index contributed by atoms with van der Waals surface area (Å²) in [6.07, 6.45) is 3.37. The third-order valence-electron chi connectivity index (χ3n) is 2.38. The van der Waals surface area contributed by atoms with Crippen LogP contribution in [0, 0.1) is 17.3 Å². The van der Waals surface area contributed by atoms with Crippen molar-refractivity contribution in [2.75, 3.05) is 13.7 Å². The molecule has 2 heteroatoms. The van der Waals surface area contributed by atoms with Crippen LogP contribution in [-0.2, 0) is 9.53 Å². The highest BCUT2D eigenvalue weighted by atomic mass is 16.5. The molecule has 0 amide bonds. The van der Waals surface area contributed by atoms with Crippen LogP contribution >= 0.6 is 0 Å². The van der Waals surface area contributed by atoms with Crippen molar-refractivity contribution in [3.05, 3.63) is 0 Å². The van der Waals surface area contributed by atoms with E-state index >= 15 is 0 Å². The first-order chi connectivity index (χ1) is 6.16. The number of Topliss-reactive ketones (excluding diaryl/α,β-unsaturated/α-hetero) is 1. The highest BCUT2D eigenvalue weighted by Crippen LogP contribution is 2.32. The van der Waals surface area contributed by atoms with Gasteiger partial charge in [-0.1, -0.05) is 11.8 Å². The zero-order chi connectivity index (χ0) is 9.73. The highest BCUT2D eigenvalue weighted by Gasteiger charge is 2.28. The number of hydrogen-bond acceptors (Lipinski definition) is 2. The fourth-order valence-electron chi connectivity index (χ4n) is 1.72. The summed E-state index contributed by atoms with van der Waals surface area (Å²) in [4.78, 5) is 11.2. The summed E-state index contributed by atoms with van der Waals surface area (Å²) in [5.41, 5.74) is -0.0894. The molecule has 1 fully saturated rings. The first-order valence-electron chi connectivity index (χ1n) is 4.67. The summed E-state index contributed by atoms with van der Waals surface area (Å²) in [6.45, 7) is 2.52. The van der Waals surface area contributed by atoms with Crippen molar-refractivity contribution in [3.8, 4) is 11.8 Å². The molecule has 1 aliphatic rings. The number of ketones is 1. The van der Waals surface area contributed by atoms with Gasteiger partial charge < -0.3 is 4.74 Å². The second-order valence-corrected chi connectivity index (χ2v) is 3.86. The number of rotatable bonds is 1. The Morgan fingerprint density at radius 2 is 2.38 bits per heavy atom. The van der Waals surface area contributed by atoms with Crippen molar-refractivity contribution >= 4 is 5.78 Å². The summed E-state index contributed by atoms with van der Waals surface area (Å²) in [5.74, 6) is 6.42. The van der Waals surface area contributed by atoms with E-state index in [0.29, 0.717) is 18.8 Å². The summed E-state index contributed by atoms with van der Waals surface area (Å²) < 4.78 is 4.85. The molecule has 0 aromatic carbocycles.